The van der Waals surface area contributed by atoms with Crippen LogP contribution in [0.2, 0.25) is 0 Å². The van der Waals surface area contributed by atoms with Crippen molar-refractivity contribution in [1.82, 2.24) is 29.5 Å². The minimum Gasteiger partial charge on any atom is -0.338 e. The van der Waals surface area contributed by atoms with Gasteiger partial charge in [0.25, 0.3) is 11.6 Å². The third kappa shape index (κ3) is 4.49. The highest BCUT2D eigenvalue weighted by Crippen LogP contribution is 2.27. The lowest BCUT2D eigenvalue weighted by atomic mass is 10.1. The van der Waals surface area contributed by atoms with E-state index < -0.39 is 12.0 Å². The molecule has 0 radical (unpaired) electrons. The summed E-state index contributed by atoms with van der Waals surface area (Å²) in [7, 11) is 0. The zero-order chi connectivity index (χ0) is 25.6. The van der Waals surface area contributed by atoms with Crippen molar-refractivity contribution in [3.63, 3.8) is 0 Å². The van der Waals surface area contributed by atoms with Gasteiger partial charge in [0.1, 0.15) is 11.6 Å². The number of anilines is 1. The summed E-state index contributed by atoms with van der Waals surface area (Å²) in [4.78, 5) is 27.8. The number of alkyl halides is 3. The predicted octanol–water partition coefficient (Wildman–Crippen LogP) is 5.01. The first-order valence-corrected chi connectivity index (χ1v) is 10.9. The van der Waals surface area contributed by atoms with Gasteiger partial charge < -0.3 is 10.3 Å². The van der Waals surface area contributed by atoms with Gasteiger partial charge in [-0.3, -0.25) is 4.79 Å². The SMILES string of the molecule is Cc1nc2nc(C(F)(F)F)nn2c(C)c1CCC(=O)Nc1ccc2nc(-c3cccc(F)c3)[nH]c2c1. The van der Waals surface area contributed by atoms with E-state index in [-0.39, 0.29) is 30.3 Å². The van der Waals surface area contributed by atoms with Crippen LogP contribution in [0.1, 0.15) is 29.2 Å². The molecule has 0 spiro atoms. The van der Waals surface area contributed by atoms with E-state index in [2.05, 4.69) is 30.4 Å². The van der Waals surface area contributed by atoms with Crippen LogP contribution in [-0.4, -0.2) is 35.5 Å². The van der Waals surface area contributed by atoms with Crippen LogP contribution in [0.25, 0.3) is 28.2 Å². The van der Waals surface area contributed by atoms with Crippen LogP contribution < -0.4 is 5.32 Å². The number of aromatic nitrogens is 6. The number of carbonyl (C=O) groups is 1. The summed E-state index contributed by atoms with van der Waals surface area (Å²) < 4.78 is 53.5. The molecule has 0 aliphatic rings. The number of hydrogen-bond acceptors (Lipinski definition) is 5. The maximum atomic E-state index is 13.5. The number of imidazole rings is 1. The number of halogens is 4. The predicted molar refractivity (Wildman–Crippen MR) is 124 cm³/mol. The van der Waals surface area contributed by atoms with E-state index in [1.165, 1.54) is 12.1 Å². The summed E-state index contributed by atoms with van der Waals surface area (Å²) in [6.07, 6.45) is -4.35. The topological polar surface area (TPSA) is 101 Å². The van der Waals surface area contributed by atoms with Crippen LogP contribution in [0.3, 0.4) is 0 Å². The molecule has 1 amide bonds. The Labute approximate surface area is 201 Å². The second kappa shape index (κ2) is 8.70. The first-order valence-electron chi connectivity index (χ1n) is 10.9. The van der Waals surface area contributed by atoms with Crippen LogP contribution in [0.4, 0.5) is 23.2 Å². The number of benzene rings is 2. The molecule has 5 aromatic rings. The maximum Gasteiger partial charge on any atom is 0.453 e. The summed E-state index contributed by atoms with van der Waals surface area (Å²) in [5.74, 6) is -1.56. The van der Waals surface area contributed by atoms with E-state index >= 15 is 0 Å². The molecule has 3 heterocycles. The second-order valence-corrected chi connectivity index (χ2v) is 8.28. The van der Waals surface area contributed by atoms with E-state index in [1.54, 1.807) is 44.2 Å². The number of aromatic amines is 1. The number of rotatable bonds is 5. The molecule has 2 N–H and O–H groups in total. The number of hydrogen-bond donors (Lipinski definition) is 2. The molecule has 8 nitrogen and oxygen atoms in total. The molecular weight excluding hydrogens is 478 g/mol. The van der Waals surface area contributed by atoms with Gasteiger partial charge in [-0.05, 0) is 56.2 Å². The number of nitrogens with one attached hydrogen (secondary N) is 2. The smallest absolute Gasteiger partial charge is 0.338 e. The van der Waals surface area contributed by atoms with Crippen molar-refractivity contribution >= 4 is 28.4 Å². The van der Waals surface area contributed by atoms with Crippen molar-refractivity contribution in [3.8, 4) is 11.4 Å². The first-order chi connectivity index (χ1) is 17.1. The van der Waals surface area contributed by atoms with Crippen molar-refractivity contribution < 1.29 is 22.4 Å². The Morgan fingerprint density at radius 3 is 2.64 bits per heavy atom. The van der Waals surface area contributed by atoms with E-state index in [1.807, 2.05) is 0 Å². The van der Waals surface area contributed by atoms with E-state index in [4.69, 9.17) is 0 Å². The number of aryl methyl sites for hydroxylation is 2. The standard InChI is InChI=1S/C24H19F4N7O/c1-12-17(13(2)35-23(29-12)33-22(34-35)24(26,27)28)7-9-20(36)30-16-6-8-18-19(11-16)32-21(31-18)14-4-3-5-15(25)10-14/h3-6,8,10-11H,7,9H2,1-2H3,(H,30,36)(H,31,32). The number of fused-ring (bicyclic) bond motifs is 2. The van der Waals surface area contributed by atoms with Gasteiger partial charge in [0.05, 0.1) is 11.0 Å². The molecule has 36 heavy (non-hydrogen) atoms. The van der Waals surface area contributed by atoms with Crippen LogP contribution in [0.5, 0.6) is 0 Å². The highest BCUT2D eigenvalue weighted by molar-refractivity contribution is 5.93. The second-order valence-electron chi connectivity index (χ2n) is 8.28. The van der Waals surface area contributed by atoms with Crippen LogP contribution >= 0.6 is 0 Å². The molecule has 3 aromatic heterocycles. The number of H-pyrrole nitrogens is 1. The van der Waals surface area contributed by atoms with Crippen LogP contribution in [0, 0.1) is 19.7 Å². The van der Waals surface area contributed by atoms with E-state index in [0.717, 1.165) is 4.52 Å². The van der Waals surface area contributed by atoms with Crippen molar-refractivity contribution in [1.29, 1.82) is 0 Å². The lowest BCUT2D eigenvalue weighted by Crippen LogP contribution is -2.14. The average molecular weight is 497 g/mol. The summed E-state index contributed by atoms with van der Waals surface area (Å²) in [6, 6.07) is 11.2. The normalized spacial score (nSPS) is 11.9. The fourth-order valence-electron chi connectivity index (χ4n) is 4.01. The van der Waals surface area contributed by atoms with Gasteiger partial charge in [-0.2, -0.15) is 18.2 Å². The Hall–Kier alpha value is -4.35. The minimum absolute atomic E-state index is 0.0747. The summed E-state index contributed by atoms with van der Waals surface area (Å²) in [5.41, 5.74) is 4.01. The molecule has 0 saturated carbocycles. The molecule has 0 fully saturated rings. The van der Waals surface area contributed by atoms with E-state index in [9.17, 15) is 22.4 Å². The zero-order valence-electron chi connectivity index (χ0n) is 19.1. The van der Waals surface area contributed by atoms with E-state index in [0.29, 0.717) is 45.1 Å². The number of amides is 1. The lowest BCUT2D eigenvalue weighted by Gasteiger charge is -2.10. The fourth-order valence-corrected chi connectivity index (χ4v) is 4.01. The molecule has 2 aromatic carbocycles. The quantitative estimate of drug-likeness (QED) is 0.333. The molecule has 0 saturated heterocycles. The Balaban J connectivity index is 1.31. The number of carbonyl (C=O) groups excluding carboxylic acids is 1. The van der Waals surface area contributed by atoms with Gasteiger partial charge in [-0.25, -0.2) is 18.9 Å². The molecule has 0 unspecified atom stereocenters. The van der Waals surface area contributed by atoms with Gasteiger partial charge in [-0.1, -0.05) is 12.1 Å². The summed E-state index contributed by atoms with van der Waals surface area (Å²) >= 11 is 0. The molecule has 0 atom stereocenters. The Kier molecular flexibility index (Phi) is 5.65. The zero-order valence-corrected chi connectivity index (χ0v) is 19.1. The highest BCUT2D eigenvalue weighted by atomic mass is 19.4. The molecule has 5 rings (SSSR count). The largest absolute Gasteiger partial charge is 0.453 e. The Morgan fingerprint density at radius 2 is 1.89 bits per heavy atom. The monoisotopic (exact) mass is 497 g/mol. The summed E-state index contributed by atoms with van der Waals surface area (Å²) in [6.45, 7) is 3.27. The highest BCUT2D eigenvalue weighted by Gasteiger charge is 2.37. The van der Waals surface area contributed by atoms with Gasteiger partial charge in [0.2, 0.25) is 5.91 Å². The fraction of sp³-hybridized carbons (Fsp3) is 0.208. The molecule has 0 aliphatic carbocycles. The first kappa shape index (κ1) is 23.4. The van der Waals surface area contributed by atoms with Gasteiger partial charge in [0, 0.05) is 29.1 Å². The molecule has 12 heteroatoms. The van der Waals surface area contributed by atoms with Gasteiger partial charge in [0.15, 0.2) is 0 Å². The third-order valence-corrected chi connectivity index (χ3v) is 5.77. The third-order valence-electron chi connectivity index (χ3n) is 5.77. The van der Waals surface area contributed by atoms with Crippen molar-refractivity contribution in [2.75, 3.05) is 5.32 Å². The molecule has 184 valence electrons. The van der Waals surface area contributed by atoms with Gasteiger partial charge in [-0.15, -0.1) is 5.10 Å². The molecule has 0 aliphatic heterocycles. The van der Waals surface area contributed by atoms with Crippen molar-refractivity contribution in [2.45, 2.75) is 32.9 Å². The molecule has 0 bridgehead atoms. The maximum absolute atomic E-state index is 13.5. The van der Waals surface area contributed by atoms with Crippen molar-refractivity contribution in [3.05, 3.63) is 71.1 Å². The number of nitrogens with zero attached hydrogens (tertiary/aromatic N) is 5. The van der Waals surface area contributed by atoms with Crippen LogP contribution in [0.15, 0.2) is 42.5 Å². The molecular formula is C24H19F4N7O. The Morgan fingerprint density at radius 1 is 1.08 bits per heavy atom. The summed E-state index contributed by atoms with van der Waals surface area (Å²) in [5, 5.41) is 6.34. The Bertz CT molecular complexity index is 1620. The van der Waals surface area contributed by atoms with Crippen molar-refractivity contribution in [2.24, 2.45) is 0 Å². The van der Waals surface area contributed by atoms with Gasteiger partial charge >= 0.3 is 6.18 Å². The average Bonchev–Trinajstić information content (AvgIpc) is 3.43. The minimum atomic E-state index is -4.68. The van der Waals surface area contributed by atoms with Crippen LogP contribution in [-0.2, 0) is 17.4 Å². The lowest BCUT2D eigenvalue weighted by molar-refractivity contribution is -0.144.